The van der Waals surface area contributed by atoms with Gasteiger partial charge in [0.15, 0.2) is 0 Å². The van der Waals surface area contributed by atoms with Crippen LogP contribution in [0.25, 0.3) is 0 Å². The van der Waals surface area contributed by atoms with Gasteiger partial charge in [-0.1, -0.05) is 0 Å². The van der Waals surface area contributed by atoms with Gasteiger partial charge >= 0.3 is 5.97 Å². The normalized spacial score (nSPS) is 25.9. The van der Waals surface area contributed by atoms with Crippen molar-refractivity contribution in [1.82, 2.24) is 8.61 Å². The van der Waals surface area contributed by atoms with E-state index in [4.69, 9.17) is 5.11 Å². The van der Waals surface area contributed by atoms with Crippen LogP contribution < -0.4 is 0 Å². The molecule has 0 aliphatic carbocycles. The summed E-state index contributed by atoms with van der Waals surface area (Å²) in [5.74, 6) is -1.12. The lowest BCUT2D eigenvalue weighted by atomic mass is 10.3. The molecule has 1 aliphatic heterocycles. The largest absolute Gasteiger partial charge is 0.480 e. The predicted octanol–water partition coefficient (Wildman–Crippen LogP) is -0.658. The molecule has 1 fully saturated rings. The average Bonchev–Trinajstić information content (AvgIpc) is 2.08. The summed E-state index contributed by atoms with van der Waals surface area (Å²) in [4.78, 5) is 10.7. The first-order valence-corrected chi connectivity index (χ1v) is 5.73. The van der Waals surface area contributed by atoms with E-state index in [-0.39, 0.29) is 6.54 Å². The molecule has 0 radical (unpaired) electrons. The molecule has 1 aliphatic rings. The molecule has 1 heterocycles. The van der Waals surface area contributed by atoms with Crippen molar-refractivity contribution in [3.63, 3.8) is 0 Å². The fourth-order valence-electron chi connectivity index (χ4n) is 1.38. The van der Waals surface area contributed by atoms with Crippen molar-refractivity contribution in [2.45, 2.75) is 19.4 Å². The Hall–Kier alpha value is -0.660. The average molecular weight is 222 g/mol. The molecular weight excluding hydrogens is 208 g/mol. The summed E-state index contributed by atoms with van der Waals surface area (Å²) in [6.07, 6.45) is 0.660. The minimum absolute atomic E-state index is 0.278. The highest BCUT2D eigenvalue weighted by Gasteiger charge is 2.36. The second-order valence-corrected chi connectivity index (χ2v) is 5.30. The fraction of sp³-hybridized carbons (Fsp3) is 0.857. The molecule has 1 rings (SSSR count). The predicted molar refractivity (Wildman–Crippen MR) is 50.0 cm³/mol. The molecule has 82 valence electrons. The van der Waals surface area contributed by atoms with Gasteiger partial charge in [0.1, 0.15) is 6.04 Å². The second kappa shape index (κ2) is 3.84. The first-order chi connectivity index (χ1) is 6.37. The van der Waals surface area contributed by atoms with Crippen LogP contribution in [0, 0.1) is 0 Å². The summed E-state index contributed by atoms with van der Waals surface area (Å²) >= 11 is 0. The zero-order chi connectivity index (χ0) is 10.9. The lowest BCUT2D eigenvalue weighted by Crippen LogP contribution is -2.53. The van der Waals surface area contributed by atoms with Crippen molar-refractivity contribution in [2.75, 3.05) is 20.1 Å². The van der Waals surface area contributed by atoms with Crippen LogP contribution in [0.1, 0.15) is 13.3 Å². The Kier molecular flexibility index (Phi) is 3.13. The SMILES string of the molecule is CC(C(=O)O)N1CCCN(C)S1(=O)=O. The summed E-state index contributed by atoms with van der Waals surface area (Å²) in [5, 5.41) is 8.73. The van der Waals surface area contributed by atoms with Crippen LogP contribution in [0.3, 0.4) is 0 Å². The molecule has 0 bridgehead atoms. The van der Waals surface area contributed by atoms with Gasteiger partial charge in [-0.15, -0.1) is 0 Å². The van der Waals surface area contributed by atoms with E-state index >= 15 is 0 Å². The maximum atomic E-state index is 11.6. The van der Waals surface area contributed by atoms with Crippen molar-refractivity contribution in [1.29, 1.82) is 0 Å². The maximum Gasteiger partial charge on any atom is 0.321 e. The van der Waals surface area contributed by atoms with E-state index in [0.29, 0.717) is 13.0 Å². The molecule has 0 spiro atoms. The van der Waals surface area contributed by atoms with Gasteiger partial charge in [0.25, 0.3) is 10.2 Å². The highest BCUT2D eigenvalue weighted by molar-refractivity contribution is 7.86. The molecule has 14 heavy (non-hydrogen) atoms. The van der Waals surface area contributed by atoms with E-state index in [0.717, 1.165) is 4.31 Å². The minimum Gasteiger partial charge on any atom is -0.480 e. The quantitative estimate of drug-likeness (QED) is 0.673. The number of carboxylic acid groups (broad SMARTS) is 1. The van der Waals surface area contributed by atoms with Crippen molar-refractivity contribution in [2.24, 2.45) is 0 Å². The Bertz CT molecular complexity index is 327. The van der Waals surface area contributed by atoms with Gasteiger partial charge in [0.05, 0.1) is 0 Å². The number of hydrogen-bond donors (Lipinski definition) is 1. The van der Waals surface area contributed by atoms with Crippen LogP contribution in [0.4, 0.5) is 0 Å². The number of rotatable bonds is 2. The maximum absolute atomic E-state index is 11.6. The highest BCUT2D eigenvalue weighted by Crippen LogP contribution is 2.17. The molecule has 0 aromatic carbocycles. The fourth-order valence-corrected chi connectivity index (χ4v) is 2.94. The third-order valence-electron chi connectivity index (χ3n) is 2.33. The van der Waals surface area contributed by atoms with E-state index < -0.39 is 22.2 Å². The van der Waals surface area contributed by atoms with Gasteiger partial charge in [0.2, 0.25) is 0 Å². The van der Waals surface area contributed by atoms with E-state index in [2.05, 4.69) is 0 Å². The molecule has 1 N–H and O–H groups in total. The standard InChI is InChI=1S/C7H14N2O4S/c1-6(7(10)11)9-5-3-4-8(2)14(9,12)13/h6H,3-5H2,1-2H3,(H,10,11). The zero-order valence-electron chi connectivity index (χ0n) is 8.17. The van der Waals surface area contributed by atoms with Crippen LogP contribution in [0.15, 0.2) is 0 Å². The van der Waals surface area contributed by atoms with Crippen molar-refractivity contribution < 1.29 is 18.3 Å². The lowest BCUT2D eigenvalue weighted by Gasteiger charge is -2.34. The number of aliphatic carboxylic acids is 1. The lowest BCUT2D eigenvalue weighted by molar-refractivity contribution is -0.141. The van der Waals surface area contributed by atoms with Gasteiger partial charge in [0, 0.05) is 20.1 Å². The molecule has 1 atom stereocenters. The third kappa shape index (κ3) is 1.89. The smallest absolute Gasteiger partial charge is 0.321 e. The van der Waals surface area contributed by atoms with Gasteiger partial charge in [-0.05, 0) is 13.3 Å². The van der Waals surface area contributed by atoms with Gasteiger partial charge in [-0.25, -0.2) is 0 Å². The van der Waals surface area contributed by atoms with Gasteiger partial charge in [-0.2, -0.15) is 17.0 Å². The van der Waals surface area contributed by atoms with E-state index in [1.54, 1.807) is 0 Å². The minimum atomic E-state index is -3.56. The van der Waals surface area contributed by atoms with Crippen LogP contribution >= 0.6 is 0 Å². The van der Waals surface area contributed by atoms with Crippen LogP contribution in [0.5, 0.6) is 0 Å². The van der Waals surface area contributed by atoms with Crippen molar-refractivity contribution in [3.8, 4) is 0 Å². The Labute approximate surface area is 83.3 Å². The first-order valence-electron chi connectivity index (χ1n) is 4.33. The van der Waals surface area contributed by atoms with Gasteiger partial charge < -0.3 is 5.11 Å². The molecule has 0 saturated carbocycles. The van der Waals surface area contributed by atoms with Crippen LogP contribution in [-0.2, 0) is 15.0 Å². The Morgan fingerprint density at radius 2 is 2.00 bits per heavy atom. The number of nitrogens with zero attached hydrogens (tertiary/aromatic N) is 2. The zero-order valence-corrected chi connectivity index (χ0v) is 8.99. The van der Waals surface area contributed by atoms with E-state index in [1.807, 2.05) is 0 Å². The first kappa shape index (κ1) is 11.4. The van der Waals surface area contributed by atoms with Crippen molar-refractivity contribution >= 4 is 16.2 Å². The molecule has 1 saturated heterocycles. The van der Waals surface area contributed by atoms with Gasteiger partial charge in [-0.3, -0.25) is 4.79 Å². The molecular formula is C7H14N2O4S. The molecule has 1 unspecified atom stereocenters. The molecule has 0 aromatic rings. The monoisotopic (exact) mass is 222 g/mol. The summed E-state index contributed by atoms with van der Waals surface area (Å²) in [5.41, 5.74) is 0. The Morgan fingerprint density at radius 1 is 1.43 bits per heavy atom. The highest BCUT2D eigenvalue weighted by atomic mass is 32.2. The molecule has 7 heteroatoms. The number of carboxylic acids is 1. The number of carbonyl (C=O) groups is 1. The summed E-state index contributed by atoms with van der Waals surface area (Å²) in [7, 11) is -2.11. The van der Waals surface area contributed by atoms with E-state index in [1.165, 1.54) is 18.3 Å². The molecule has 0 amide bonds. The topological polar surface area (TPSA) is 77.9 Å². The second-order valence-electron chi connectivity index (χ2n) is 3.31. The third-order valence-corrected chi connectivity index (χ3v) is 4.39. The summed E-state index contributed by atoms with van der Waals surface area (Å²) in [6.45, 7) is 2.10. The van der Waals surface area contributed by atoms with E-state index in [9.17, 15) is 13.2 Å². The molecule has 0 aromatic heterocycles. The Balaban J connectivity index is 2.93. The van der Waals surface area contributed by atoms with Crippen LogP contribution in [0.2, 0.25) is 0 Å². The summed E-state index contributed by atoms with van der Waals surface area (Å²) in [6, 6.07) is -0.997. The molecule has 6 nitrogen and oxygen atoms in total. The Morgan fingerprint density at radius 3 is 2.50 bits per heavy atom. The summed E-state index contributed by atoms with van der Waals surface area (Å²) < 4.78 is 25.5. The van der Waals surface area contributed by atoms with Crippen LogP contribution in [-0.4, -0.2) is 54.3 Å². The van der Waals surface area contributed by atoms with Crippen molar-refractivity contribution in [3.05, 3.63) is 0 Å². The number of hydrogen-bond acceptors (Lipinski definition) is 3.